The summed E-state index contributed by atoms with van der Waals surface area (Å²) in [5.41, 5.74) is 7.11. The molecule has 4 atom stereocenters. The fourth-order valence-corrected chi connectivity index (χ4v) is 2.69. The molecular weight excluding hydrogens is 238 g/mol. The van der Waals surface area contributed by atoms with Gasteiger partial charge in [0.15, 0.2) is 11.8 Å². The van der Waals surface area contributed by atoms with E-state index in [1.165, 1.54) is 0 Å². The second-order valence-electron chi connectivity index (χ2n) is 4.65. The Bertz CT molecular complexity index is 642. The monoisotopic (exact) mass is 250 g/mol. The van der Waals surface area contributed by atoms with Crippen molar-refractivity contribution in [2.45, 2.75) is 31.1 Å². The molecule has 0 amide bonds. The highest BCUT2D eigenvalue weighted by Crippen LogP contribution is 2.33. The summed E-state index contributed by atoms with van der Waals surface area (Å²) in [6, 6.07) is 0. The smallest absolute Gasteiger partial charge is 0.263 e. The van der Waals surface area contributed by atoms with Crippen molar-refractivity contribution in [3.63, 3.8) is 0 Å². The topological polar surface area (TPSA) is 110 Å². The summed E-state index contributed by atoms with van der Waals surface area (Å²) in [6.07, 6.45) is 0.183. The van der Waals surface area contributed by atoms with Gasteiger partial charge in [-0.2, -0.15) is 0 Å². The van der Waals surface area contributed by atoms with Gasteiger partial charge in [0.1, 0.15) is 24.9 Å². The van der Waals surface area contributed by atoms with Crippen LogP contribution in [0.15, 0.2) is 12.7 Å². The normalized spacial score (nSPS) is 33.9. The Morgan fingerprint density at radius 1 is 1.39 bits per heavy atom. The molecule has 1 fully saturated rings. The van der Waals surface area contributed by atoms with Crippen LogP contribution in [0.3, 0.4) is 0 Å². The van der Waals surface area contributed by atoms with E-state index in [0.717, 1.165) is 5.65 Å². The molecule has 4 N–H and O–H groups in total. The summed E-state index contributed by atoms with van der Waals surface area (Å²) in [6.45, 7) is 0.407. The van der Waals surface area contributed by atoms with Crippen LogP contribution in [0.1, 0.15) is 6.23 Å². The summed E-state index contributed by atoms with van der Waals surface area (Å²) in [5, 5.41) is 19.9. The molecule has 2 aliphatic heterocycles. The first-order valence-corrected chi connectivity index (χ1v) is 5.69. The molecule has 94 valence electrons. The zero-order valence-corrected chi connectivity index (χ0v) is 9.34. The number of nitrogens with two attached hydrogens (primary N) is 1. The third kappa shape index (κ3) is 1.07. The van der Waals surface area contributed by atoms with E-state index in [4.69, 9.17) is 10.5 Å². The molecule has 8 heteroatoms. The number of nitrogens with zero attached hydrogens (tertiary/aromatic N) is 4. The van der Waals surface area contributed by atoms with Crippen LogP contribution in [0.5, 0.6) is 0 Å². The van der Waals surface area contributed by atoms with Crippen LogP contribution in [-0.2, 0) is 11.3 Å². The number of hydrogen-bond donors (Lipinski definition) is 3. The SMILES string of the molecule is Nc1nc[n+]2c3c1ncn3[C@@H]1O[C@H](C2)[C@@H](O)[C@H]1O. The second kappa shape index (κ2) is 3.16. The molecule has 0 spiro atoms. The molecule has 0 aromatic carbocycles. The average molecular weight is 250 g/mol. The van der Waals surface area contributed by atoms with Gasteiger partial charge in [0.25, 0.3) is 5.65 Å². The van der Waals surface area contributed by atoms with Crippen LogP contribution < -0.4 is 10.3 Å². The van der Waals surface area contributed by atoms with Crippen molar-refractivity contribution in [1.29, 1.82) is 0 Å². The zero-order chi connectivity index (χ0) is 12.4. The highest BCUT2D eigenvalue weighted by Gasteiger charge is 2.49. The maximum atomic E-state index is 9.98. The lowest BCUT2D eigenvalue weighted by molar-refractivity contribution is -0.682. The van der Waals surface area contributed by atoms with Crippen LogP contribution in [0.4, 0.5) is 5.82 Å². The molecule has 2 aromatic rings. The molecule has 4 rings (SSSR count). The van der Waals surface area contributed by atoms with Crippen molar-refractivity contribution >= 4 is 17.0 Å². The number of rotatable bonds is 0. The van der Waals surface area contributed by atoms with Crippen molar-refractivity contribution < 1.29 is 19.5 Å². The van der Waals surface area contributed by atoms with Crippen LogP contribution in [-0.4, -0.2) is 43.1 Å². The van der Waals surface area contributed by atoms with Gasteiger partial charge in [0.2, 0.25) is 18.4 Å². The molecule has 8 nitrogen and oxygen atoms in total. The number of anilines is 1. The fraction of sp³-hybridized carbons (Fsp3) is 0.500. The highest BCUT2D eigenvalue weighted by molar-refractivity contribution is 5.79. The largest absolute Gasteiger partial charge is 0.387 e. The van der Waals surface area contributed by atoms with E-state index in [2.05, 4.69) is 9.97 Å². The van der Waals surface area contributed by atoms with Gasteiger partial charge in [-0.15, -0.1) is 0 Å². The molecule has 1 saturated heterocycles. The Balaban J connectivity index is 2.03. The van der Waals surface area contributed by atoms with Crippen molar-refractivity contribution in [1.82, 2.24) is 14.5 Å². The molecule has 18 heavy (non-hydrogen) atoms. The first-order chi connectivity index (χ1) is 8.66. The lowest BCUT2D eigenvalue weighted by atomic mass is 10.1. The summed E-state index contributed by atoms with van der Waals surface area (Å²) >= 11 is 0. The third-order valence-corrected chi connectivity index (χ3v) is 3.61. The van der Waals surface area contributed by atoms with E-state index in [9.17, 15) is 10.2 Å². The number of aromatic nitrogens is 4. The van der Waals surface area contributed by atoms with E-state index >= 15 is 0 Å². The van der Waals surface area contributed by atoms with Crippen LogP contribution in [0.2, 0.25) is 0 Å². The summed E-state index contributed by atoms with van der Waals surface area (Å²) in [4.78, 5) is 8.25. The lowest BCUT2D eigenvalue weighted by Gasteiger charge is -2.16. The maximum Gasteiger partial charge on any atom is 0.263 e. The summed E-state index contributed by atoms with van der Waals surface area (Å²) < 4.78 is 9.17. The number of imidazole rings is 1. The first kappa shape index (κ1) is 10.2. The minimum absolute atomic E-state index is 0.341. The van der Waals surface area contributed by atoms with Gasteiger partial charge < -0.3 is 20.7 Å². The minimum Gasteiger partial charge on any atom is -0.387 e. The van der Waals surface area contributed by atoms with E-state index in [1.54, 1.807) is 17.2 Å². The average Bonchev–Trinajstić information content (AvgIpc) is 2.84. The van der Waals surface area contributed by atoms with Crippen molar-refractivity contribution in [3.05, 3.63) is 12.7 Å². The Kier molecular flexibility index (Phi) is 1.79. The van der Waals surface area contributed by atoms with Crippen molar-refractivity contribution in [3.8, 4) is 0 Å². The number of aliphatic hydroxyl groups excluding tert-OH is 2. The Morgan fingerprint density at radius 2 is 2.22 bits per heavy atom. The van der Waals surface area contributed by atoms with Gasteiger partial charge in [-0.05, 0) is 0 Å². The number of aliphatic hydroxyl groups is 2. The molecular formula is C10H12N5O3+. The maximum absolute atomic E-state index is 9.98. The molecule has 0 radical (unpaired) electrons. The second-order valence-corrected chi connectivity index (χ2v) is 4.65. The van der Waals surface area contributed by atoms with Gasteiger partial charge in [0.05, 0.1) is 0 Å². The van der Waals surface area contributed by atoms with Crippen molar-refractivity contribution in [2.24, 2.45) is 0 Å². The Hall–Kier alpha value is -1.77. The fourth-order valence-electron chi connectivity index (χ4n) is 2.69. The Morgan fingerprint density at radius 3 is 3.06 bits per heavy atom. The first-order valence-electron chi connectivity index (χ1n) is 5.69. The van der Waals surface area contributed by atoms with Crippen LogP contribution >= 0.6 is 0 Å². The standard InChI is InChI=1S/C10H11N5O3/c11-8-5-9-14(2-13-8)1-4-6(16)7(17)10(18-4)15(9)3-12-5/h2-4,6-7,10-11,16-17H,1H2/p+1/t4-,6-,7-,10-/m1/s1. The van der Waals surface area contributed by atoms with E-state index in [-0.39, 0.29) is 0 Å². The molecule has 2 aliphatic rings. The molecule has 0 unspecified atom stereocenters. The van der Waals surface area contributed by atoms with Gasteiger partial charge in [-0.25, -0.2) is 14.1 Å². The highest BCUT2D eigenvalue weighted by atomic mass is 16.6. The number of fused-ring (bicyclic) bond motifs is 3. The molecule has 0 saturated carbocycles. The van der Waals surface area contributed by atoms with Gasteiger partial charge in [-0.1, -0.05) is 4.98 Å². The number of ether oxygens (including phenoxy) is 1. The molecule has 0 aliphatic carbocycles. The number of hydrogen-bond acceptors (Lipinski definition) is 6. The van der Waals surface area contributed by atoms with Gasteiger partial charge in [-0.3, -0.25) is 0 Å². The molecule has 2 aromatic heterocycles. The van der Waals surface area contributed by atoms with Crippen molar-refractivity contribution in [2.75, 3.05) is 5.73 Å². The lowest BCUT2D eigenvalue weighted by Crippen LogP contribution is -2.47. The van der Waals surface area contributed by atoms with E-state index < -0.39 is 24.5 Å². The third-order valence-electron chi connectivity index (χ3n) is 3.61. The van der Waals surface area contributed by atoms with Gasteiger partial charge >= 0.3 is 0 Å². The Labute approximate surface area is 101 Å². The predicted octanol–water partition coefficient (Wildman–Crippen LogP) is -2.07. The number of nitrogen functional groups attached to an aromatic ring is 1. The quantitative estimate of drug-likeness (QED) is 0.463. The summed E-state index contributed by atoms with van der Waals surface area (Å²) in [5.74, 6) is 0.341. The van der Waals surface area contributed by atoms with Crippen LogP contribution in [0.25, 0.3) is 11.2 Å². The van der Waals surface area contributed by atoms with Gasteiger partial charge in [0, 0.05) is 0 Å². The summed E-state index contributed by atoms with van der Waals surface area (Å²) in [7, 11) is 0. The minimum atomic E-state index is -0.962. The van der Waals surface area contributed by atoms with E-state index in [0.29, 0.717) is 17.9 Å². The van der Waals surface area contributed by atoms with Crippen LogP contribution in [0, 0.1) is 0 Å². The molecule has 2 bridgehead atoms. The predicted molar refractivity (Wildman–Crippen MR) is 58.1 cm³/mol. The zero-order valence-electron chi connectivity index (χ0n) is 9.34. The van der Waals surface area contributed by atoms with E-state index in [1.807, 2.05) is 4.57 Å². The molecule has 4 heterocycles.